The monoisotopic (exact) mass is 725 g/mol. The summed E-state index contributed by atoms with van der Waals surface area (Å²) in [5.74, 6) is 0.151. The molecule has 0 spiro atoms. The fourth-order valence-corrected chi connectivity index (χ4v) is 7.89. The van der Waals surface area contributed by atoms with Crippen molar-refractivity contribution in [2.75, 3.05) is 20.1 Å². The molecule has 286 valence electrons. The predicted molar refractivity (Wildman–Crippen MR) is 210 cm³/mol. The van der Waals surface area contributed by atoms with Crippen molar-refractivity contribution in [2.24, 2.45) is 11.8 Å². The zero-order valence-electron chi connectivity index (χ0n) is 33.3. The molecule has 4 unspecified atom stereocenters. The average molecular weight is 726 g/mol. The predicted octanol–water partition coefficient (Wildman–Crippen LogP) is 9.22. The second-order valence-electron chi connectivity index (χ2n) is 16.3. The van der Waals surface area contributed by atoms with Crippen LogP contribution >= 0.6 is 0 Å². The standard InChI is InChI=1S/C45H59NO7/c1-11-32-39(49)37-40(50)34-19-23-44(8,22-12-13-27(2)3)53-42(34)35(15-14-28(4)5)43(37)51-41(32)33-16-17-36(47)45(9,52-30(33)7)24-18-29(6)38(48)31-20-25-46(10)26-21-31/h11,13-14,18-19,23,31,33,41,50H,7,12,15-17,20-22,24-26H2,1-6,8-10H3/b29-18-,32-11-. The molecule has 2 fully saturated rings. The lowest BCUT2D eigenvalue weighted by Gasteiger charge is -2.38. The largest absolute Gasteiger partial charge is 0.506 e. The van der Waals surface area contributed by atoms with Gasteiger partial charge in [0.2, 0.25) is 0 Å². The zero-order chi connectivity index (χ0) is 38.8. The van der Waals surface area contributed by atoms with Crippen LogP contribution in [-0.4, -0.2) is 64.8 Å². The first-order valence-electron chi connectivity index (χ1n) is 19.2. The quantitative estimate of drug-likeness (QED) is 0.188. The van der Waals surface area contributed by atoms with Crippen molar-refractivity contribution in [2.45, 2.75) is 124 Å². The van der Waals surface area contributed by atoms with Gasteiger partial charge >= 0.3 is 0 Å². The van der Waals surface area contributed by atoms with Gasteiger partial charge in [0, 0.05) is 29.9 Å². The second kappa shape index (κ2) is 16.1. The van der Waals surface area contributed by atoms with Crippen molar-refractivity contribution < 1.29 is 33.7 Å². The number of carbonyl (C=O) groups excluding carboxylic acids is 3. The highest BCUT2D eigenvalue weighted by Crippen LogP contribution is 2.52. The normalized spacial score (nSPS) is 27.2. The molecule has 53 heavy (non-hydrogen) atoms. The number of ether oxygens (including phenoxy) is 3. The van der Waals surface area contributed by atoms with Crippen molar-refractivity contribution in [1.29, 1.82) is 0 Å². The number of phenolic OH excluding ortho intramolecular Hbond substituents is 1. The third-order valence-corrected chi connectivity index (χ3v) is 11.4. The fourth-order valence-electron chi connectivity index (χ4n) is 7.89. The maximum atomic E-state index is 14.4. The van der Waals surface area contributed by atoms with Crippen LogP contribution in [0, 0.1) is 11.8 Å². The molecule has 0 aromatic heterocycles. The third-order valence-electron chi connectivity index (χ3n) is 11.4. The van der Waals surface area contributed by atoms with Gasteiger partial charge in [0.15, 0.2) is 23.0 Å². The number of hydrogen-bond donors (Lipinski definition) is 1. The van der Waals surface area contributed by atoms with Crippen molar-refractivity contribution in [1.82, 2.24) is 4.90 Å². The zero-order valence-corrected chi connectivity index (χ0v) is 33.3. The Labute approximate surface area is 316 Å². The molecule has 8 heteroatoms. The molecule has 0 radical (unpaired) electrons. The number of phenols is 1. The summed E-state index contributed by atoms with van der Waals surface area (Å²) in [5, 5.41) is 11.7. The highest BCUT2D eigenvalue weighted by Gasteiger charge is 2.47. The summed E-state index contributed by atoms with van der Waals surface area (Å²) in [6.07, 6.45) is 15.2. The van der Waals surface area contributed by atoms with Gasteiger partial charge in [-0.05, 0) is 132 Å². The first kappa shape index (κ1) is 40.0. The van der Waals surface area contributed by atoms with E-state index in [1.54, 1.807) is 19.9 Å². The summed E-state index contributed by atoms with van der Waals surface area (Å²) in [7, 11) is 2.07. The second-order valence-corrected chi connectivity index (χ2v) is 16.3. The van der Waals surface area contributed by atoms with Crippen molar-refractivity contribution in [3.63, 3.8) is 0 Å². The Morgan fingerprint density at radius 3 is 2.32 bits per heavy atom. The summed E-state index contributed by atoms with van der Waals surface area (Å²) in [4.78, 5) is 43.7. The van der Waals surface area contributed by atoms with Gasteiger partial charge < -0.3 is 24.2 Å². The van der Waals surface area contributed by atoms with E-state index in [-0.39, 0.29) is 47.4 Å². The molecular weight excluding hydrogens is 666 g/mol. The number of hydrogen-bond acceptors (Lipinski definition) is 8. The number of carbonyl (C=O) groups is 3. The number of piperidine rings is 1. The number of rotatable bonds is 10. The van der Waals surface area contributed by atoms with Gasteiger partial charge in [-0.3, -0.25) is 14.4 Å². The summed E-state index contributed by atoms with van der Waals surface area (Å²) < 4.78 is 20.1. The maximum Gasteiger partial charge on any atom is 0.199 e. The van der Waals surface area contributed by atoms with Crippen LogP contribution in [-0.2, 0) is 20.7 Å². The lowest BCUT2D eigenvalue weighted by Crippen LogP contribution is -2.40. The number of Topliss-reactive ketones (excluding diaryl/α,β-unsaturated/α-hetero) is 3. The minimum absolute atomic E-state index is 0.00668. The highest BCUT2D eigenvalue weighted by molar-refractivity contribution is 6.15. The number of fused-ring (bicyclic) bond motifs is 2. The number of ketones is 3. The van der Waals surface area contributed by atoms with E-state index in [4.69, 9.17) is 14.2 Å². The first-order chi connectivity index (χ1) is 25.0. The lowest BCUT2D eigenvalue weighted by atomic mass is 9.81. The molecule has 0 bridgehead atoms. The third kappa shape index (κ3) is 8.48. The van der Waals surface area contributed by atoms with E-state index in [2.05, 4.69) is 44.5 Å². The SMILES string of the molecule is C=C1OC(C)(C/C=C(/C)C(=O)C2CCN(C)CC2)C(=O)CCC1C1Oc2c(CC=C(C)C)c3c(c(O)c2C(=O)/C1=C/C)C=CC(C)(CCC=C(C)C)O3. The number of nitrogens with zero attached hydrogens (tertiary/aromatic N) is 1. The minimum atomic E-state index is -1.23. The molecule has 4 heterocycles. The Morgan fingerprint density at radius 1 is 1.00 bits per heavy atom. The van der Waals surface area contributed by atoms with E-state index in [0.29, 0.717) is 52.4 Å². The van der Waals surface area contributed by atoms with Crippen LogP contribution in [0.1, 0.15) is 122 Å². The molecule has 4 aliphatic rings. The molecule has 4 aliphatic heterocycles. The maximum absolute atomic E-state index is 14.4. The average Bonchev–Trinajstić information content (AvgIpc) is 3.20. The van der Waals surface area contributed by atoms with Crippen molar-refractivity contribution in [3.05, 3.63) is 81.7 Å². The Balaban J connectivity index is 1.47. The Hall–Kier alpha value is -4.17. The number of benzene rings is 1. The van der Waals surface area contributed by atoms with E-state index in [0.717, 1.165) is 44.3 Å². The highest BCUT2D eigenvalue weighted by atomic mass is 16.5. The van der Waals surface area contributed by atoms with E-state index in [1.165, 1.54) is 5.57 Å². The van der Waals surface area contributed by atoms with Crippen LogP contribution in [0.3, 0.4) is 0 Å². The molecule has 0 saturated carbocycles. The van der Waals surface area contributed by atoms with E-state index < -0.39 is 23.2 Å². The number of likely N-dealkylation sites (tertiary alicyclic amines) is 1. The van der Waals surface area contributed by atoms with E-state index >= 15 is 0 Å². The van der Waals surface area contributed by atoms with Crippen molar-refractivity contribution >= 4 is 23.4 Å². The molecule has 0 amide bonds. The van der Waals surface area contributed by atoms with Crippen LogP contribution in [0.2, 0.25) is 0 Å². The smallest absolute Gasteiger partial charge is 0.199 e. The molecular formula is C45H59NO7. The van der Waals surface area contributed by atoms with Gasteiger partial charge in [0.1, 0.15) is 34.5 Å². The molecule has 8 nitrogen and oxygen atoms in total. The lowest BCUT2D eigenvalue weighted by molar-refractivity contribution is -0.136. The number of aromatic hydroxyl groups is 1. The van der Waals surface area contributed by atoms with Crippen LogP contribution in [0.5, 0.6) is 17.2 Å². The van der Waals surface area contributed by atoms with Gasteiger partial charge in [-0.15, -0.1) is 0 Å². The summed E-state index contributed by atoms with van der Waals surface area (Å²) in [5.41, 5.74) is 2.75. The molecule has 1 aromatic rings. The van der Waals surface area contributed by atoms with Crippen LogP contribution < -0.4 is 9.47 Å². The first-order valence-corrected chi connectivity index (χ1v) is 19.2. The van der Waals surface area contributed by atoms with Gasteiger partial charge in [0.05, 0.1) is 17.2 Å². The van der Waals surface area contributed by atoms with Crippen molar-refractivity contribution in [3.8, 4) is 17.2 Å². The summed E-state index contributed by atoms with van der Waals surface area (Å²) in [6, 6.07) is 0. The molecule has 1 N–H and O–H groups in total. The van der Waals surface area contributed by atoms with Crippen LogP contribution in [0.25, 0.3) is 6.08 Å². The topological polar surface area (TPSA) is 102 Å². The van der Waals surface area contributed by atoms with Crippen LogP contribution in [0.4, 0.5) is 0 Å². The Morgan fingerprint density at radius 2 is 1.68 bits per heavy atom. The molecule has 1 aromatic carbocycles. The summed E-state index contributed by atoms with van der Waals surface area (Å²) in [6.45, 7) is 21.7. The Kier molecular flexibility index (Phi) is 12.1. The minimum Gasteiger partial charge on any atom is -0.506 e. The van der Waals surface area contributed by atoms with Gasteiger partial charge in [-0.2, -0.15) is 0 Å². The van der Waals surface area contributed by atoms with Gasteiger partial charge in [0.25, 0.3) is 0 Å². The fraction of sp³-hybridized carbons (Fsp3) is 0.533. The van der Waals surface area contributed by atoms with E-state index in [9.17, 15) is 19.5 Å². The van der Waals surface area contributed by atoms with Crippen LogP contribution in [0.15, 0.2) is 65.0 Å². The molecule has 5 rings (SSSR count). The molecule has 0 aliphatic carbocycles. The van der Waals surface area contributed by atoms with Gasteiger partial charge in [-0.1, -0.05) is 42.0 Å². The van der Waals surface area contributed by atoms with E-state index in [1.807, 2.05) is 45.9 Å². The number of allylic oxidation sites excluding steroid dienone is 6. The van der Waals surface area contributed by atoms with Gasteiger partial charge in [-0.25, -0.2) is 0 Å². The Bertz CT molecular complexity index is 1810. The molecule has 2 saturated heterocycles. The molecule has 4 atom stereocenters. The summed E-state index contributed by atoms with van der Waals surface area (Å²) >= 11 is 0.